The summed E-state index contributed by atoms with van der Waals surface area (Å²) in [4.78, 5) is 25.4. The number of benzene rings is 2. The Labute approximate surface area is 172 Å². The van der Waals surface area contributed by atoms with Crippen LogP contribution in [0.1, 0.15) is 27.0 Å². The Hall–Kier alpha value is -3.76. The Bertz CT molecular complexity index is 1150. The lowest BCUT2D eigenvalue weighted by atomic mass is 10.0. The molecule has 0 saturated carbocycles. The number of hydrogen-bond donors (Lipinski definition) is 0. The molecule has 0 spiro atoms. The largest absolute Gasteiger partial charge is 0.488 e. The van der Waals surface area contributed by atoms with E-state index in [2.05, 4.69) is 0 Å². The predicted molar refractivity (Wildman–Crippen MR) is 108 cm³/mol. The molecule has 30 heavy (non-hydrogen) atoms. The van der Waals surface area contributed by atoms with Crippen molar-refractivity contribution in [1.29, 1.82) is 5.26 Å². The maximum Gasteiger partial charge on any atom is 0.268 e. The van der Waals surface area contributed by atoms with Crippen LogP contribution in [0.15, 0.2) is 65.6 Å². The van der Waals surface area contributed by atoms with Crippen molar-refractivity contribution in [3.05, 3.63) is 99.2 Å². The topological polar surface area (TPSA) is 81.3 Å². The minimum Gasteiger partial charge on any atom is -0.488 e. The third kappa shape index (κ3) is 4.80. The lowest BCUT2D eigenvalue weighted by Crippen LogP contribution is -2.25. The van der Waals surface area contributed by atoms with E-state index in [1.54, 1.807) is 6.07 Å². The van der Waals surface area contributed by atoms with Crippen molar-refractivity contribution in [2.45, 2.75) is 13.2 Å². The molecule has 1 aromatic heterocycles. The Balaban J connectivity index is 1.97. The molecule has 0 saturated heterocycles. The van der Waals surface area contributed by atoms with E-state index < -0.39 is 17.2 Å². The quantitative estimate of drug-likeness (QED) is 0.536. The number of methoxy groups -OCH3 is 1. The first-order valence-electron chi connectivity index (χ1n) is 9.18. The Kier molecular flexibility index (Phi) is 6.73. The number of pyridine rings is 1. The van der Waals surface area contributed by atoms with E-state index in [1.165, 1.54) is 36.1 Å². The van der Waals surface area contributed by atoms with Gasteiger partial charge in [0.05, 0.1) is 12.2 Å². The van der Waals surface area contributed by atoms with Gasteiger partial charge < -0.3 is 14.0 Å². The second-order valence-electron chi connectivity index (χ2n) is 6.49. The fraction of sp³-hybridized carbons (Fsp3) is 0.174. The number of nitriles is 1. The molecule has 0 unspecified atom stereocenters. The number of carbonyl (C=O) groups is 1. The monoisotopic (exact) mass is 406 g/mol. The van der Waals surface area contributed by atoms with Gasteiger partial charge in [0, 0.05) is 25.4 Å². The minimum atomic E-state index is -0.598. The van der Waals surface area contributed by atoms with Crippen molar-refractivity contribution in [2.75, 3.05) is 13.7 Å². The van der Waals surface area contributed by atoms with Crippen LogP contribution in [0.25, 0.3) is 0 Å². The highest BCUT2D eigenvalue weighted by Crippen LogP contribution is 2.24. The van der Waals surface area contributed by atoms with Crippen LogP contribution in [-0.4, -0.2) is 24.1 Å². The molecule has 0 radical (unpaired) electrons. The van der Waals surface area contributed by atoms with Crippen molar-refractivity contribution in [1.82, 2.24) is 4.57 Å². The summed E-state index contributed by atoms with van der Waals surface area (Å²) in [5.41, 5.74) is 0.273. The third-order valence-electron chi connectivity index (χ3n) is 4.43. The van der Waals surface area contributed by atoms with Gasteiger partial charge in [-0.3, -0.25) is 9.59 Å². The zero-order valence-electron chi connectivity index (χ0n) is 16.3. The molecule has 0 bridgehead atoms. The Morgan fingerprint density at radius 3 is 2.63 bits per heavy atom. The van der Waals surface area contributed by atoms with Gasteiger partial charge in [0.25, 0.3) is 5.56 Å². The number of carbonyl (C=O) groups excluding carboxylic acids is 1. The molecule has 7 heteroatoms. The zero-order chi connectivity index (χ0) is 21.5. The van der Waals surface area contributed by atoms with Crippen molar-refractivity contribution in [2.24, 2.45) is 0 Å². The number of halogens is 1. The summed E-state index contributed by atoms with van der Waals surface area (Å²) in [7, 11) is 1.48. The average Bonchev–Trinajstić information content (AvgIpc) is 2.77. The minimum absolute atomic E-state index is 0.00626. The van der Waals surface area contributed by atoms with Gasteiger partial charge in [0.1, 0.15) is 29.8 Å². The highest BCUT2D eigenvalue weighted by molar-refractivity contribution is 6.10. The van der Waals surface area contributed by atoms with E-state index >= 15 is 0 Å². The van der Waals surface area contributed by atoms with Crippen LogP contribution in [-0.2, 0) is 17.9 Å². The predicted octanol–water partition coefficient (Wildman–Crippen LogP) is 3.32. The van der Waals surface area contributed by atoms with Gasteiger partial charge in [-0.1, -0.05) is 30.3 Å². The molecule has 1 heterocycles. The molecule has 2 aromatic carbocycles. The van der Waals surface area contributed by atoms with Crippen LogP contribution in [0.2, 0.25) is 0 Å². The SMILES string of the molecule is COCCn1cc(C(=O)c2cc(F)ccc2OCc2ccccc2)cc(C#N)c1=O. The van der Waals surface area contributed by atoms with Gasteiger partial charge in [-0.05, 0) is 29.8 Å². The van der Waals surface area contributed by atoms with Crippen LogP contribution in [0, 0.1) is 17.1 Å². The van der Waals surface area contributed by atoms with E-state index in [4.69, 9.17) is 9.47 Å². The molecule has 0 N–H and O–H groups in total. The first kappa shape index (κ1) is 21.0. The fourth-order valence-corrected chi connectivity index (χ4v) is 2.89. The van der Waals surface area contributed by atoms with E-state index in [-0.39, 0.29) is 42.2 Å². The van der Waals surface area contributed by atoms with E-state index in [1.807, 2.05) is 30.3 Å². The summed E-state index contributed by atoms with van der Waals surface area (Å²) in [5.74, 6) is -0.947. The second-order valence-corrected chi connectivity index (χ2v) is 6.49. The molecular weight excluding hydrogens is 387 g/mol. The molecule has 0 atom stereocenters. The molecule has 0 amide bonds. The van der Waals surface area contributed by atoms with Gasteiger partial charge in [0.2, 0.25) is 0 Å². The van der Waals surface area contributed by atoms with E-state index in [0.29, 0.717) is 0 Å². The van der Waals surface area contributed by atoms with Crippen LogP contribution < -0.4 is 10.3 Å². The third-order valence-corrected chi connectivity index (χ3v) is 4.43. The maximum absolute atomic E-state index is 13.9. The Morgan fingerprint density at radius 2 is 1.93 bits per heavy atom. The van der Waals surface area contributed by atoms with Gasteiger partial charge in [-0.15, -0.1) is 0 Å². The maximum atomic E-state index is 13.9. The number of nitrogens with zero attached hydrogens (tertiary/aromatic N) is 2. The van der Waals surface area contributed by atoms with Gasteiger partial charge in [-0.2, -0.15) is 5.26 Å². The van der Waals surface area contributed by atoms with E-state index in [9.17, 15) is 19.2 Å². The number of rotatable bonds is 8. The lowest BCUT2D eigenvalue weighted by Gasteiger charge is -2.13. The zero-order valence-corrected chi connectivity index (χ0v) is 16.3. The molecule has 0 fully saturated rings. The van der Waals surface area contributed by atoms with Crippen molar-refractivity contribution in [3.63, 3.8) is 0 Å². The first-order valence-corrected chi connectivity index (χ1v) is 9.18. The number of hydrogen-bond acceptors (Lipinski definition) is 5. The van der Waals surface area contributed by atoms with Crippen molar-refractivity contribution < 1.29 is 18.7 Å². The number of ether oxygens (including phenoxy) is 2. The summed E-state index contributed by atoms with van der Waals surface area (Å²) in [6, 6.07) is 16.0. The van der Waals surface area contributed by atoms with Crippen LogP contribution in [0.5, 0.6) is 5.75 Å². The molecule has 3 aromatic rings. The van der Waals surface area contributed by atoms with Crippen LogP contribution in [0.3, 0.4) is 0 Å². The summed E-state index contributed by atoms with van der Waals surface area (Å²) in [6.07, 6.45) is 1.34. The smallest absolute Gasteiger partial charge is 0.268 e. The lowest BCUT2D eigenvalue weighted by molar-refractivity contribution is 0.103. The molecule has 0 aliphatic heterocycles. The summed E-state index contributed by atoms with van der Waals surface area (Å²) in [6.45, 7) is 0.600. The standard InChI is InChI=1S/C23H19FN2O4/c1-29-10-9-26-14-18(11-17(13-25)23(26)28)22(27)20-12-19(24)7-8-21(20)30-15-16-5-3-2-4-6-16/h2-8,11-12,14H,9-10,15H2,1H3. The van der Waals surface area contributed by atoms with Crippen molar-refractivity contribution >= 4 is 5.78 Å². The van der Waals surface area contributed by atoms with Gasteiger partial charge in [0.15, 0.2) is 5.78 Å². The van der Waals surface area contributed by atoms with Crippen molar-refractivity contribution in [3.8, 4) is 11.8 Å². The van der Waals surface area contributed by atoms with Gasteiger partial charge >= 0.3 is 0 Å². The normalized spacial score (nSPS) is 10.4. The molecule has 3 rings (SSSR count). The molecule has 152 valence electrons. The summed E-state index contributed by atoms with van der Waals surface area (Å²) in [5, 5.41) is 9.26. The first-order chi connectivity index (χ1) is 14.5. The molecule has 0 aliphatic rings. The highest BCUT2D eigenvalue weighted by Gasteiger charge is 2.19. The highest BCUT2D eigenvalue weighted by atomic mass is 19.1. The molecular formula is C23H19FN2O4. The summed E-state index contributed by atoms with van der Waals surface area (Å²) < 4.78 is 25.9. The summed E-state index contributed by atoms with van der Waals surface area (Å²) >= 11 is 0. The van der Waals surface area contributed by atoms with Crippen LogP contribution >= 0.6 is 0 Å². The number of aromatic nitrogens is 1. The molecule has 0 aliphatic carbocycles. The number of ketones is 1. The van der Waals surface area contributed by atoms with Gasteiger partial charge in [-0.25, -0.2) is 4.39 Å². The Morgan fingerprint density at radius 1 is 1.17 bits per heavy atom. The average molecular weight is 406 g/mol. The fourth-order valence-electron chi connectivity index (χ4n) is 2.89. The molecule has 6 nitrogen and oxygen atoms in total. The second kappa shape index (κ2) is 9.63. The van der Waals surface area contributed by atoms with Crippen LogP contribution in [0.4, 0.5) is 4.39 Å². The van der Waals surface area contributed by atoms with E-state index in [0.717, 1.165) is 11.6 Å².